The molecule has 1 aliphatic carbocycles. The van der Waals surface area contributed by atoms with Crippen molar-refractivity contribution in [3.8, 4) is 0 Å². The molecule has 3 fully saturated rings. The lowest BCUT2D eigenvalue weighted by Gasteiger charge is -2.59. The molecule has 4 aliphatic rings. The zero-order chi connectivity index (χ0) is 30.9. The van der Waals surface area contributed by atoms with Gasteiger partial charge in [-0.1, -0.05) is 12.1 Å². The van der Waals surface area contributed by atoms with Crippen molar-refractivity contribution in [2.45, 2.75) is 76.7 Å². The highest BCUT2D eigenvalue weighted by Gasteiger charge is 2.59. The minimum atomic E-state index is -4.79. The number of amides is 1. The molecule has 2 aromatic heterocycles. The second kappa shape index (κ2) is 10.7. The summed E-state index contributed by atoms with van der Waals surface area (Å²) in [6.07, 6.45) is 0.417. The fourth-order valence-electron chi connectivity index (χ4n) is 7.94. The maximum atomic E-state index is 15.0. The number of hydrogen-bond acceptors (Lipinski definition) is 6. The summed E-state index contributed by atoms with van der Waals surface area (Å²) in [5.41, 5.74) is 0.0246. The summed E-state index contributed by atoms with van der Waals surface area (Å²) >= 11 is 0. The van der Waals surface area contributed by atoms with Crippen LogP contribution in [0.4, 0.5) is 23.4 Å². The number of benzene rings is 1. The molecule has 1 aromatic carbocycles. The van der Waals surface area contributed by atoms with E-state index in [0.717, 1.165) is 74.4 Å². The summed E-state index contributed by atoms with van der Waals surface area (Å²) in [7, 11) is 0. The lowest BCUT2D eigenvalue weighted by Crippen LogP contribution is -2.58. The number of nitrogens with one attached hydrogen (secondary N) is 1. The highest BCUT2D eigenvalue weighted by atomic mass is 19.4. The average Bonchev–Trinajstić information content (AvgIpc) is 3.36. The fourth-order valence-corrected chi connectivity index (χ4v) is 7.94. The van der Waals surface area contributed by atoms with Crippen LogP contribution in [0.1, 0.15) is 74.1 Å². The molecule has 2 spiro atoms. The van der Waals surface area contributed by atoms with Crippen LogP contribution in [0.15, 0.2) is 24.3 Å². The number of carbonyl (C=O) groups excluding carboxylic acids is 1. The van der Waals surface area contributed by atoms with Gasteiger partial charge in [0.25, 0.3) is 0 Å². The molecule has 8 nitrogen and oxygen atoms in total. The van der Waals surface area contributed by atoms with Crippen LogP contribution in [0.5, 0.6) is 0 Å². The van der Waals surface area contributed by atoms with E-state index in [1.165, 1.54) is 12.1 Å². The molecule has 0 bridgehead atoms. The van der Waals surface area contributed by atoms with Gasteiger partial charge < -0.3 is 24.3 Å². The molecule has 44 heavy (non-hydrogen) atoms. The van der Waals surface area contributed by atoms with E-state index in [9.17, 15) is 22.4 Å². The fraction of sp³-hybridized carbons (Fsp3) is 0.594. The van der Waals surface area contributed by atoms with Gasteiger partial charge in [0.05, 0.1) is 29.3 Å². The summed E-state index contributed by atoms with van der Waals surface area (Å²) in [5.74, 6) is 0.000909. The Morgan fingerprint density at radius 1 is 1.09 bits per heavy atom. The van der Waals surface area contributed by atoms with Gasteiger partial charge in [-0.3, -0.25) is 4.79 Å². The predicted octanol–water partition coefficient (Wildman–Crippen LogP) is 6.13. The number of halogens is 4. The van der Waals surface area contributed by atoms with E-state index in [-0.39, 0.29) is 22.8 Å². The molecular formula is C32H37F4N5O3. The van der Waals surface area contributed by atoms with Crippen molar-refractivity contribution in [1.82, 2.24) is 19.4 Å². The molecule has 12 heteroatoms. The molecule has 2 saturated heterocycles. The maximum Gasteiger partial charge on any atom is 0.419 e. The van der Waals surface area contributed by atoms with Crippen LogP contribution in [0.25, 0.3) is 11.0 Å². The number of aryl methyl sites for hydroxylation is 1. The van der Waals surface area contributed by atoms with Crippen molar-refractivity contribution in [1.29, 1.82) is 0 Å². The highest BCUT2D eigenvalue weighted by molar-refractivity contribution is 5.89. The minimum Gasteiger partial charge on any atom is -0.381 e. The van der Waals surface area contributed by atoms with Crippen LogP contribution in [0, 0.1) is 24.1 Å². The average molecular weight is 616 g/mol. The van der Waals surface area contributed by atoms with E-state index in [1.807, 2.05) is 11.0 Å². The second-order valence-corrected chi connectivity index (χ2v) is 13.0. The molecule has 0 unspecified atom stereocenters. The Morgan fingerprint density at radius 3 is 2.52 bits per heavy atom. The second-order valence-electron chi connectivity index (χ2n) is 13.0. The summed E-state index contributed by atoms with van der Waals surface area (Å²) in [6.45, 7) is 7.39. The Morgan fingerprint density at radius 2 is 1.82 bits per heavy atom. The molecular weight excluding hydrogens is 578 g/mol. The van der Waals surface area contributed by atoms with Gasteiger partial charge >= 0.3 is 6.18 Å². The number of ether oxygens (including phenoxy) is 2. The SMILES string of the molecule is Cc1nc(N[C@H](C)c2cccc(C(F)(F)F)c2F)c2cc3n(c2n1)CCOC31CC2(CCN(C(=O)C3CCOCC3)CC2)C1. The zero-order valence-electron chi connectivity index (χ0n) is 25.0. The van der Waals surface area contributed by atoms with Crippen LogP contribution >= 0.6 is 0 Å². The van der Waals surface area contributed by atoms with Crippen LogP contribution < -0.4 is 5.32 Å². The molecule has 1 amide bonds. The number of piperidine rings is 1. The van der Waals surface area contributed by atoms with Crippen molar-refractivity contribution >= 4 is 22.8 Å². The van der Waals surface area contributed by atoms with Crippen molar-refractivity contribution in [2.75, 3.05) is 38.2 Å². The van der Waals surface area contributed by atoms with Crippen LogP contribution in [-0.2, 0) is 32.6 Å². The Bertz CT molecular complexity index is 1580. The van der Waals surface area contributed by atoms with Crippen molar-refractivity contribution in [3.05, 3.63) is 52.7 Å². The molecule has 3 aromatic rings. The molecule has 1 saturated carbocycles. The van der Waals surface area contributed by atoms with Gasteiger partial charge in [-0.25, -0.2) is 14.4 Å². The number of aromatic nitrogens is 3. The van der Waals surface area contributed by atoms with Gasteiger partial charge in [-0.2, -0.15) is 13.2 Å². The first kappa shape index (κ1) is 29.5. The Kier molecular flexibility index (Phi) is 7.15. The van der Waals surface area contributed by atoms with Crippen molar-refractivity contribution in [2.24, 2.45) is 11.3 Å². The first-order chi connectivity index (χ1) is 21.0. The van der Waals surface area contributed by atoms with Crippen LogP contribution in [0.3, 0.4) is 0 Å². The number of carbonyl (C=O) groups is 1. The van der Waals surface area contributed by atoms with Gasteiger partial charge in [0, 0.05) is 44.3 Å². The topological polar surface area (TPSA) is 81.5 Å². The first-order valence-corrected chi connectivity index (χ1v) is 15.5. The Hall–Kier alpha value is -3.25. The largest absolute Gasteiger partial charge is 0.419 e. The monoisotopic (exact) mass is 615 g/mol. The number of rotatable bonds is 4. The smallest absolute Gasteiger partial charge is 0.381 e. The molecule has 1 atom stereocenters. The normalized spacial score (nSPS) is 22.2. The van der Waals surface area contributed by atoms with Gasteiger partial charge in [0.15, 0.2) is 0 Å². The third-order valence-corrected chi connectivity index (χ3v) is 10.2. The Labute approximate surface area is 253 Å². The quantitative estimate of drug-likeness (QED) is 0.356. The van der Waals surface area contributed by atoms with Crippen molar-refractivity contribution in [3.63, 3.8) is 0 Å². The molecule has 5 heterocycles. The van der Waals surface area contributed by atoms with Gasteiger partial charge in [0.2, 0.25) is 5.91 Å². The van der Waals surface area contributed by atoms with Gasteiger partial charge in [-0.05, 0) is 69.9 Å². The van der Waals surface area contributed by atoms with E-state index in [1.54, 1.807) is 13.8 Å². The number of fused-ring (bicyclic) bond motifs is 4. The van der Waals surface area contributed by atoms with Crippen molar-refractivity contribution < 1.29 is 31.8 Å². The van der Waals surface area contributed by atoms with Crippen LogP contribution in [-0.4, -0.2) is 58.3 Å². The number of hydrogen-bond donors (Lipinski definition) is 1. The Balaban J connectivity index is 1.12. The van der Waals surface area contributed by atoms with E-state index >= 15 is 0 Å². The summed E-state index contributed by atoms with van der Waals surface area (Å²) in [6, 6.07) is 4.58. The standard InChI is InChI=1S/C32H37F4N5O3/c1-19(22-4-3-5-24(26(22)33)32(34,35)36)37-27-23-16-25-31(44-15-12-41(25)28(23)39-20(2)38-27)17-30(18-31)8-10-40(11-9-30)29(42)21-6-13-43-14-7-21/h3-5,16,19,21H,6-15,17-18H2,1-2H3,(H,37,38,39)/t19-/m1/s1. The number of alkyl halides is 3. The van der Waals surface area contributed by atoms with Gasteiger partial charge in [-0.15, -0.1) is 0 Å². The lowest BCUT2D eigenvalue weighted by atomic mass is 9.54. The zero-order valence-corrected chi connectivity index (χ0v) is 25.0. The van der Waals surface area contributed by atoms with E-state index < -0.39 is 29.2 Å². The third-order valence-electron chi connectivity index (χ3n) is 10.2. The third kappa shape index (κ3) is 4.94. The number of anilines is 1. The summed E-state index contributed by atoms with van der Waals surface area (Å²) in [5, 5.41) is 3.90. The summed E-state index contributed by atoms with van der Waals surface area (Å²) < 4.78 is 69.2. The molecule has 7 rings (SSSR count). The molecule has 1 N–H and O–H groups in total. The minimum absolute atomic E-state index is 0.0723. The predicted molar refractivity (Wildman–Crippen MR) is 154 cm³/mol. The van der Waals surface area contributed by atoms with E-state index in [4.69, 9.17) is 14.5 Å². The first-order valence-electron chi connectivity index (χ1n) is 15.5. The lowest BCUT2D eigenvalue weighted by molar-refractivity contribution is -0.206. The molecule has 236 valence electrons. The van der Waals surface area contributed by atoms with Gasteiger partial charge in [0.1, 0.15) is 28.7 Å². The molecule has 3 aliphatic heterocycles. The summed E-state index contributed by atoms with van der Waals surface area (Å²) in [4.78, 5) is 24.4. The van der Waals surface area contributed by atoms with E-state index in [0.29, 0.717) is 38.0 Å². The van der Waals surface area contributed by atoms with Crippen LogP contribution in [0.2, 0.25) is 0 Å². The maximum absolute atomic E-state index is 15.0. The highest BCUT2D eigenvalue weighted by Crippen LogP contribution is 2.62. The molecule has 0 radical (unpaired) electrons. The number of likely N-dealkylation sites (tertiary alicyclic amines) is 1. The van der Waals surface area contributed by atoms with E-state index in [2.05, 4.69) is 14.9 Å². The number of nitrogens with zero attached hydrogens (tertiary/aromatic N) is 4.